The van der Waals surface area contributed by atoms with Crippen LogP contribution in [0.25, 0.3) is 0 Å². The highest BCUT2D eigenvalue weighted by molar-refractivity contribution is 6.33. The Hall–Kier alpha value is -0.770. The van der Waals surface area contributed by atoms with Gasteiger partial charge in [0.15, 0.2) is 0 Å². The highest BCUT2D eigenvalue weighted by Crippen LogP contribution is 2.20. The highest BCUT2D eigenvalue weighted by atomic mass is 35.5. The van der Waals surface area contributed by atoms with E-state index in [4.69, 9.17) is 17.3 Å². The van der Waals surface area contributed by atoms with E-state index in [0.717, 1.165) is 32.7 Å². The number of benzene rings is 1. The zero-order chi connectivity index (χ0) is 11.5. The smallest absolute Gasteiger partial charge is 0.0635 e. The summed E-state index contributed by atoms with van der Waals surface area (Å²) in [5.74, 6) is 0. The number of halogens is 1. The van der Waals surface area contributed by atoms with Crippen LogP contribution in [0.2, 0.25) is 5.02 Å². The van der Waals surface area contributed by atoms with Gasteiger partial charge in [0.2, 0.25) is 0 Å². The van der Waals surface area contributed by atoms with Crippen LogP contribution in [0, 0.1) is 0 Å². The number of hydrogen-bond acceptors (Lipinski definition) is 3. The van der Waals surface area contributed by atoms with Crippen LogP contribution >= 0.6 is 11.6 Å². The van der Waals surface area contributed by atoms with E-state index in [2.05, 4.69) is 22.9 Å². The van der Waals surface area contributed by atoms with Crippen LogP contribution in [0.5, 0.6) is 0 Å². The number of nitrogen functional groups attached to an aromatic ring is 1. The highest BCUT2D eigenvalue weighted by Gasteiger charge is 2.13. The van der Waals surface area contributed by atoms with Gasteiger partial charge in [-0.1, -0.05) is 17.7 Å². The monoisotopic (exact) mass is 239 g/mol. The molecule has 1 fully saturated rings. The summed E-state index contributed by atoms with van der Waals surface area (Å²) < 4.78 is 0. The minimum atomic E-state index is 0.641. The molecule has 1 aromatic rings. The lowest BCUT2D eigenvalue weighted by atomic mass is 10.2. The van der Waals surface area contributed by atoms with Gasteiger partial charge in [0.05, 0.1) is 10.7 Å². The Morgan fingerprint density at radius 2 is 1.94 bits per heavy atom. The van der Waals surface area contributed by atoms with Crippen LogP contribution < -0.4 is 5.73 Å². The summed E-state index contributed by atoms with van der Waals surface area (Å²) in [5, 5.41) is 0.641. The molecule has 4 heteroatoms. The zero-order valence-corrected chi connectivity index (χ0v) is 10.4. The molecule has 16 heavy (non-hydrogen) atoms. The van der Waals surface area contributed by atoms with Crippen molar-refractivity contribution in [2.75, 3.05) is 39.0 Å². The molecule has 1 saturated heterocycles. The maximum absolute atomic E-state index is 5.90. The van der Waals surface area contributed by atoms with Crippen LogP contribution in [0.4, 0.5) is 5.69 Å². The predicted octanol–water partition coefficient (Wildman–Crippen LogP) is 1.67. The summed E-state index contributed by atoms with van der Waals surface area (Å²) in [7, 11) is 2.16. The van der Waals surface area contributed by atoms with Crippen molar-refractivity contribution in [1.29, 1.82) is 0 Å². The van der Waals surface area contributed by atoms with Crippen molar-refractivity contribution in [1.82, 2.24) is 9.80 Å². The Morgan fingerprint density at radius 1 is 1.25 bits per heavy atom. The third kappa shape index (κ3) is 2.88. The third-order valence-electron chi connectivity index (χ3n) is 3.06. The molecule has 0 aromatic heterocycles. The predicted molar refractivity (Wildman–Crippen MR) is 68.6 cm³/mol. The fourth-order valence-corrected chi connectivity index (χ4v) is 2.07. The van der Waals surface area contributed by atoms with Crippen LogP contribution in [0.3, 0.4) is 0 Å². The normalized spacial score (nSPS) is 18.9. The van der Waals surface area contributed by atoms with Gasteiger partial charge in [0.25, 0.3) is 0 Å². The van der Waals surface area contributed by atoms with Gasteiger partial charge in [-0.05, 0) is 24.7 Å². The first-order chi connectivity index (χ1) is 7.65. The van der Waals surface area contributed by atoms with Crippen molar-refractivity contribution in [3.8, 4) is 0 Å². The Morgan fingerprint density at radius 3 is 2.56 bits per heavy atom. The van der Waals surface area contributed by atoms with Crippen LogP contribution in [0.1, 0.15) is 5.56 Å². The van der Waals surface area contributed by atoms with E-state index in [1.807, 2.05) is 12.1 Å². The minimum Gasteiger partial charge on any atom is -0.398 e. The maximum Gasteiger partial charge on any atom is 0.0635 e. The second-order valence-electron chi connectivity index (χ2n) is 4.44. The lowest BCUT2D eigenvalue weighted by molar-refractivity contribution is 0.148. The molecule has 0 aliphatic carbocycles. The second-order valence-corrected chi connectivity index (χ2v) is 4.84. The van der Waals surface area contributed by atoms with Crippen molar-refractivity contribution in [2.45, 2.75) is 6.54 Å². The van der Waals surface area contributed by atoms with Gasteiger partial charge < -0.3 is 10.6 Å². The fraction of sp³-hybridized carbons (Fsp3) is 0.500. The number of likely N-dealkylation sites (N-methyl/N-ethyl adjacent to an activating group) is 1. The Kier molecular flexibility index (Phi) is 3.69. The van der Waals surface area contributed by atoms with Gasteiger partial charge in [-0.3, -0.25) is 4.90 Å². The van der Waals surface area contributed by atoms with Crippen LogP contribution in [-0.4, -0.2) is 43.0 Å². The number of anilines is 1. The van der Waals surface area contributed by atoms with Gasteiger partial charge in [-0.15, -0.1) is 0 Å². The molecule has 1 heterocycles. The Bertz CT molecular complexity index is 359. The molecule has 0 radical (unpaired) electrons. The summed E-state index contributed by atoms with van der Waals surface area (Å²) in [6.45, 7) is 5.50. The molecule has 0 atom stereocenters. The third-order valence-corrected chi connectivity index (χ3v) is 3.41. The van der Waals surface area contributed by atoms with Gasteiger partial charge in [0.1, 0.15) is 0 Å². The second kappa shape index (κ2) is 5.04. The molecular weight excluding hydrogens is 222 g/mol. The number of hydrogen-bond donors (Lipinski definition) is 1. The Balaban J connectivity index is 1.96. The lowest BCUT2D eigenvalue weighted by Crippen LogP contribution is -2.43. The van der Waals surface area contributed by atoms with E-state index in [9.17, 15) is 0 Å². The van der Waals surface area contributed by atoms with Crippen LogP contribution in [0.15, 0.2) is 18.2 Å². The van der Waals surface area contributed by atoms with Gasteiger partial charge in [-0.25, -0.2) is 0 Å². The molecule has 0 bridgehead atoms. The maximum atomic E-state index is 5.90. The summed E-state index contributed by atoms with van der Waals surface area (Å²) in [6.07, 6.45) is 0. The molecule has 2 N–H and O–H groups in total. The number of nitrogens with zero attached hydrogens (tertiary/aromatic N) is 2. The average molecular weight is 240 g/mol. The number of nitrogens with two attached hydrogens (primary N) is 1. The summed E-state index contributed by atoms with van der Waals surface area (Å²) in [4.78, 5) is 4.80. The van der Waals surface area contributed by atoms with Gasteiger partial charge in [0, 0.05) is 32.7 Å². The quantitative estimate of drug-likeness (QED) is 0.797. The van der Waals surface area contributed by atoms with Crippen molar-refractivity contribution in [2.24, 2.45) is 0 Å². The summed E-state index contributed by atoms with van der Waals surface area (Å²) in [5.41, 5.74) is 7.71. The van der Waals surface area contributed by atoms with Crippen molar-refractivity contribution >= 4 is 17.3 Å². The molecule has 0 amide bonds. The minimum absolute atomic E-state index is 0.641. The average Bonchev–Trinajstić information content (AvgIpc) is 2.27. The van der Waals surface area contributed by atoms with Crippen molar-refractivity contribution in [3.05, 3.63) is 28.8 Å². The fourth-order valence-electron chi connectivity index (χ4n) is 1.96. The summed E-state index contributed by atoms with van der Waals surface area (Å²) in [6, 6.07) is 5.90. The van der Waals surface area contributed by atoms with E-state index in [0.29, 0.717) is 10.7 Å². The van der Waals surface area contributed by atoms with Gasteiger partial charge >= 0.3 is 0 Å². The first kappa shape index (κ1) is 11.7. The lowest BCUT2D eigenvalue weighted by Gasteiger charge is -2.32. The molecule has 3 nitrogen and oxygen atoms in total. The first-order valence-corrected chi connectivity index (χ1v) is 5.98. The molecule has 88 valence electrons. The molecule has 1 aromatic carbocycles. The standard InChI is InChI=1S/C12H18ClN3/c1-15-4-6-16(7-5-15)9-10-2-3-11(13)12(14)8-10/h2-3,8H,4-7,9,14H2,1H3. The van der Waals surface area contributed by atoms with E-state index in [1.165, 1.54) is 5.56 Å². The molecular formula is C12H18ClN3. The topological polar surface area (TPSA) is 32.5 Å². The molecule has 1 aliphatic heterocycles. The zero-order valence-electron chi connectivity index (χ0n) is 9.62. The van der Waals surface area contributed by atoms with Gasteiger partial charge in [-0.2, -0.15) is 0 Å². The van der Waals surface area contributed by atoms with Crippen LogP contribution in [-0.2, 0) is 6.54 Å². The van der Waals surface area contributed by atoms with E-state index in [1.54, 1.807) is 0 Å². The first-order valence-electron chi connectivity index (χ1n) is 5.60. The molecule has 0 spiro atoms. The molecule has 2 rings (SSSR count). The van der Waals surface area contributed by atoms with Crippen molar-refractivity contribution in [3.63, 3.8) is 0 Å². The Labute approximate surface area is 102 Å². The number of piperazine rings is 1. The van der Waals surface area contributed by atoms with E-state index in [-0.39, 0.29) is 0 Å². The van der Waals surface area contributed by atoms with E-state index >= 15 is 0 Å². The van der Waals surface area contributed by atoms with E-state index < -0.39 is 0 Å². The largest absolute Gasteiger partial charge is 0.398 e. The van der Waals surface area contributed by atoms with Crippen molar-refractivity contribution < 1.29 is 0 Å². The summed E-state index contributed by atoms with van der Waals surface area (Å²) >= 11 is 5.90. The molecule has 0 saturated carbocycles. The number of rotatable bonds is 2. The SMILES string of the molecule is CN1CCN(Cc2ccc(Cl)c(N)c2)CC1. The molecule has 0 unspecified atom stereocenters. The molecule has 1 aliphatic rings.